The van der Waals surface area contributed by atoms with Crippen molar-refractivity contribution in [1.29, 1.82) is 0 Å². The Bertz CT molecular complexity index is 4430. The van der Waals surface area contributed by atoms with Gasteiger partial charge in [0.25, 0.3) is 0 Å². The van der Waals surface area contributed by atoms with Crippen LogP contribution in [0.2, 0.25) is 0 Å². The van der Waals surface area contributed by atoms with Gasteiger partial charge in [-0.25, -0.2) is 0 Å². The average molecular weight is 945 g/mol. The summed E-state index contributed by atoms with van der Waals surface area (Å²) < 4.78 is 4.79. The van der Waals surface area contributed by atoms with Crippen LogP contribution in [0.4, 0.5) is 0 Å². The van der Waals surface area contributed by atoms with Crippen molar-refractivity contribution < 1.29 is 0 Å². The van der Waals surface area contributed by atoms with E-state index in [1.54, 1.807) is 0 Å². The second-order valence-electron chi connectivity index (χ2n) is 21.7. The summed E-state index contributed by atoms with van der Waals surface area (Å²) in [4.78, 5) is 0. The average Bonchev–Trinajstić information content (AvgIpc) is 4.11. The normalized spacial score (nSPS) is 13.9. The largest absolute Gasteiger partial charge is 0.309 e. The van der Waals surface area contributed by atoms with E-state index in [2.05, 4.69) is 279 Å². The van der Waals surface area contributed by atoms with Crippen LogP contribution in [0.15, 0.2) is 243 Å². The van der Waals surface area contributed by atoms with E-state index in [0.29, 0.717) is 0 Å². The highest BCUT2D eigenvalue weighted by atomic mass is 15.0. The van der Waals surface area contributed by atoms with E-state index in [9.17, 15) is 0 Å². The van der Waals surface area contributed by atoms with Gasteiger partial charge in [-0.2, -0.15) is 0 Å². The van der Waals surface area contributed by atoms with Gasteiger partial charge in [0.05, 0.1) is 22.1 Å². The van der Waals surface area contributed by atoms with Crippen LogP contribution in [0, 0.1) is 0 Å². The molecule has 0 amide bonds. The maximum absolute atomic E-state index is 2.54. The SMILES string of the molecule is CC1(C)c2cc(-c3ccc(-c4ccc5c(c4)c4ccccc4n5-c4ccccc4)cc3)ccc2-c2cc3c(cc21)-c1ccc(-c2ccc4c(c2)c2ccccc2n4-c2ccc(-c4ccccc4)cc2)cc1C3(C)C. The van der Waals surface area contributed by atoms with E-state index in [0.717, 1.165) is 0 Å². The number of hydrogen-bond donors (Lipinski definition) is 0. The molecule has 0 atom stereocenters. The molecular formula is C72H52N2. The van der Waals surface area contributed by atoms with Crippen molar-refractivity contribution in [2.24, 2.45) is 0 Å². The van der Waals surface area contributed by atoms with E-state index < -0.39 is 0 Å². The van der Waals surface area contributed by atoms with Gasteiger partial charge in [-0.1, -0.05) is 185 Å². The first-order valence-electron chi connectivity index (χ1n) is 26.1. The quantitative estimate of drug-likeness (QED) is 0.157. The summed E-state index contributed by atoms with van der Waals surface area (Å²) in [5, 5.41) is 5.07. The molecule has 0 unspecified atom stereocenters. The Morgan fingerprint density at radius 1 is 0.230 bits per heavy atom. The fourth-order valence-electron chi connectivity index (χ4n) is 13.0. The highest BCUT2D eigenvalue weighted by Crippen LogP contribution is 2.57. The van der Waals surface area contributed by atoms with Crippen LogP contribution in [-0.2, 0) is 10.8 Å². The highest BCUT2D eigenvalue weighted by molar-refractivity contribution is 6.12. The number of nitrogens with zero attached hydrogens (tertiary/aromatic N) is 2. The third-order valence-electron chi connectivity index (χ3n) is 16.9. The summed E-state index contributed by atoms with van der Waals surface area (Å²) in [6.07, 6.45) is 0. The number of hydrogen-bond acceptors (Lipinski definition) is 0. The van der Waals surface area contributed by atoms with E-state index in [1.165, 1.54) is 144 Å². The van der Waals surface area contributed by atoms with Crippen molar-refractivity contribution in [2.75, 3.05) is 0 Å². The van der Waals surface area contributed by atoms with Crippen LogP contribution < -0.4 is 0 Å². The van der Waals surface area contributed by atoms with Crippen LogP contribution in [0.1, 0.15) is 49.9 Å². The third-order valence-corrected chi connectivity index (χ3v) is 16.9. The van der Waals surface area contributed by atoms with Gasteiger partial charge >= 0.3 is 0 Å². The minimum absolute atomic E-state index is 0.157. The smallest absolute Gasteiger partial charge is 0.0541 e. The molecule has 350 valence electrons. The number of benzene rings is 11. The maximum Gasteiger partial charge on any atom is 0.0541 e. The molecule has 13 aromatic rings. The van der Waals surface area contributed by atoms with Gasteiger partial charge in [0.2, 0.25) is 0 Å². The fraction of sp³-hybridized carbons (Fsp3) is 0.0833. The molecule has 0 fully saturated rings. The van der Waals surface area contributed by atoms with Crippen molar-refractivity contribution in [3.05, 3.63) is 265 Å². The Morgan fingerprint density at radius 3 is 1.07 bits per heavy atom. The minimum atomic E-state index is -0.167. The second kappa shape index (κ2) is 15.8. The van der Waals surface area contributed by atoms with Crippen LogP contribution in [-0.4, -0.2) is 9.13 Å². The third kappa shape index (κ3) is 6.24. The molecule has 0 saturated heterocycles. The number of rotatable bonds is 6. The lowest BCUT2D eigenvalue weighted by Crippen LogP contribution is -2.17. The predicted octanol–water partition coefficient (Wildman–Crippen LogP) is 19.2. The summed E-state index contributed by atoms with van der Waals surface area (Å²) in [7, 11) is 0. The van der Waals surface area contributed by atoms with E-state index in [-0.39, 0.29) is 10.8 Å². The molecule has 0 N–H and O–H groups in total. The number of fused-ring (bicyclic) bond motifs is 12. The fourth-order valence-corrected chi connectivity index (χ4v) is 13.0. The predicted molar refractivity (Wildman–Crippen MR) is 312 cm³/mol. The summed E-state index contributed by atoms with van der Waals surface area (Å²) >= 11 is 0. The first-order chi connectivity index (χ1) is 36.2. The Balaban J connectivity index is 0.736. The van der Waals surface area contributed by atoms with E-state index >= 15 is 0 Å². The molecule has 2 aliphatic carbocycles. The lowest BCUT2D eigenvalue weighted by molar-refractivity contribution is 0.652. The molecule has 0 radical (unpaired) electrons. The van der Waals surface area contributed by atoms with Gasteiger partial charge in [-0.05, 0) is 174 Å². The van der Waals surface area contributed by atoms with Crippen LogP contribution in [0.25, 0.3) is 122 Å². The van der Waals surface area contributed by atoms with Crippen LogP contribution in [0.5, 0.6) is 0 Å². The zero-order valence-corrected chi connectivity index (χ0v) is 42.0. The molecule has 2 heteroatoms. The molecule has 15 rings (SSSR count). The summed E-state index contributed by atoms with van der Waals surface area (Å²) in [5.74, 6) is 0. The van der Waals surface area contributed by atoms with Crippen molar-refractivity contribution in [3.8, 4) is 78.1 Å². The molecule has 74 heavy (non-hydrogen) atoms. The molecule has 11 aromatic carbocycles. The van der Waals surface area contributed by atoms with Gasteiger partial charge < -0.3 is 9.13 Å². The zero-order valence-electron chi connectivity index (χ0n) is 42.0. The molecule has 2 nitrogen and oxygen atoms in total. The van der Waals surface area contributed by atoms with E-state index in [1.807, 2.05) is 0 Å². The zero-order chi connectivity index (χ0) is 49.5. The Labute approximate surface area is 432 Å². The Morgan fingerprint density at radius 2 is 0.554 bits per heavy atom. The standard InChI is InChI=1S/C72H52N2/c1-71(2)63-41-51(48-25-23-47(24-26-48)49-31-37-69-61(39-49)57-19-11-13-21-67(57)73(69)53-17-9-6-10-18-53)29-35-55(63)59-43-66-60(44-65(59)71)56-36-30-52(42-64(56)72(66,3)4)50-32-38-70-62(40-50)58-20-12-14-22-68(58)74(70)54-33-27-46(28-34-54)45-15-7-5-8-16-45/h5-44H,1-4H3. The molecule has 0 saturated carbocycles. The number of para-hydroxylation sites is 3. The van der Waals surface area contributed by atoms with Crippen molar-refractivity contribution >= 4 is 43.6 Å². The monoisotopic (exact) mass is 944 g/mol. The molecule has 0 bridgehead atoms. The van der Waals surface area contributed by atoms with Crippen molar-refractivity contribution in [2.45, 2.75) is 38.5 Å². The Kier molecular flexibility index (Phi) is 9.09. The maximum atomic E-state index is 2.54. The lowest BCUT2D eigenvalue weighted by Gasteiger charge is -2.24. The van der Waals surface area contributed by atoms with Gasteiger partial charge in [0.1, 0.15) is 0 Å². The molecule has 2 aliphatic rings. The molecule has 2 aromatic heterocycles. The lowest BCUT2D eigenvalue weighted by atomic mass is 9.79. The Hall–Kier alpha value is -8.98. The minimum Gasteiger partial charge on any atom is -0.309 e. The molecule has 0 spiro atoms. The van der Waals surface area contributed by atoms with Gasteiger partial charge in [0.15, 0.2) is 0 Å². The summed E-state index contributed by atoms with van der Waals surface area (Å²) in [6.45, 7) is 9.67. The summed E-state index contributed by atoms with van der Waals surface area (Å²) in [5.41, 5.74) is 27.8. The first-order valence-corrected chi connectivity index (χ1v) is 26.1. The first kappa shape index (κ1) is 42.7. The van der Waals surface area contributed by atoms with E-state index in [4.69, 9.17) is 0 Å². The van der Waals surface area contributed by atoms with Crippen LogP contribution >= 0.6 is 0 Å². The molecule has 0 aliphatic heterocycles. The van der Waals surface area contributed by atoms with Gasteiger partial charge in [-0.15, -0.1) is 0 Å². The topological polar surface area (TPSA) is 9.86 Å². The van der Waals surface area contributed by atoms with Crippen molar-refractivity contribution in [3.63, 3.8) is 0 Å². The van der Waals surface area contributed by atoms with Crippen molar-refractivity contribution in [1.82, 2.24) is 9.13 Å². The van der Waals surface area contributed by atoms with Gasteiger partial charge in [0, 0.05) is 43.7 Å². The van der Waals surface area contributed by atoms with Crippen LogP contribution in [0.3, 0.4) is 0 Å². The molecule has 2 heterocycles. The second-order valence-corrected chi connectivity index (χ2v) is 21.7. The highest BCUT2D eigenvalue weighted by Gasteiger charge is 2.42. The molecular weight excluding hydrogens is 893 g/mol. The number of aromatic nitrogens is 2. The van der Waals surface area contributed by atoms with Gasteiger partial charge in [-0.3, -0.25) is 0 Å². The summed E-state index contributed by atoms with van der Waals surface area (Å²) in [6, 6.07) is 90.5.